The normalized spacial score (nSPS) is 23.4. The maximum atomic E-state index is 11.4. The summed E-state index contributed by atoms with van der Waals surface area (Å²) in [6.07, 6.45) is 4.25. The molecular formula is C15H30N2O3. The molecule has 1 saturated heterocycles. The zero-order valence-electron chi connectivity index (χ0n) is 13.2. The Balaban J connectivity index is 2.41. The van der Waals surface area contributed by atoms with Gasteiger partial charge in [0.05, 0.1) is 6.10 Å². The summed E-state index contributed by atoms with van der Waals surface area (Å²) in [6.45, 7) is 10.1. The van der Waals surface area contributed by atoms with Gasteiger partial charge in [0.2, 0.25) is 0 Å². The van der Waals surface area contributed by atoms with E-state index in [0.717, 1.165) is 45.5 Å². The Bertz CT molecular complexity index is 299. The van der Waals surface area contributed by atoms with Gasteiger partial charge in [-0.1, -0.05) is 13.8 Å². The summed E-state index contributed by atoms with van der Waals surface area (Å²) in [7, 11) is 0. The largest absolute Gasteiger partial charge is 0.480 e. The minimum Gasteiger partial charge on any atom is -0.480 e. The van der Waals surface area contributed by atoms with Gasteiger partial charge in [-0.2, -0.15) is 0 Å². The molecule has 0 amide bonds. The van der Waals surface area contributed by atoms with Crippen LogP contribution in [0, 0.1) is 0 Å². The lowest BCUT2D eigenvalue weighted by atomic mass is 9.96. The highest BCUT2D eigenvalue weighted by atomic mass is 16.5. The molecule has 0 aromatic rings. The van der Waals surface area contributed by atoms with Crippen LogP contribution in [0.15, 0.2) is 0 Å². The number of piperidine rings is 1. The molecule has 2 unspecified atom stereocenters. The Morgan fingerprint density at radius 1 is 1.50 bits per heavy atom. The van der Waals surface area contributed by atoms with Crippen LogP contribution in [0.2, 0.25) is 0 Å². The van der Waals surface area contributed by atoms with Crippen molar-refractivity contribution >= 4 is 5.97 Å². The van der Waals surface area contributed by atoms with Crippen molar-refractivity contribution < 1.29 is 14.6 Å². The third-order valence-corrected chi connectivity index (χ3v) is 3.99. The molecule has 1 rings (SSSR count). The van der Waals surface area contributed by atoms with Crippen LogP contribution in [0.3, 0.4) is 0 Å². The third kappa shape index (κ3) is 5.38. The van der Waals surface area contributed by atoms with Crippen LogP contribution in [0.4, 0.5) is 0 Å². The van der Waals surface area contributed by atoms with Crippen molar-refractivity contribution in [2.45, 2.75) is 58.1 Å². The van der Waals surface area contributed by atoms with Crippen molar-refractivity contribution in [2.75, 3.05) is 32.8 Å². The summed E-state index contributed by atoms with van der Waals surface area (Å²) >= 11 is 0. The fourth-order valence-electron chi connectivity index (χ4n) is 2.68. The smallest absolute Gasteiger partial charge is 0.323 e. The van der Waals surface area contributed by atoms with Crippen molar-refractivity contribution in [3.8, 4) is 0 Å². The molecule has 1 fully saturated rings. The molecule has 0 radical (unpaired) electrons. The van der Waals surface area contributed by atoms with Gasteiger partial charge in [0.15, 0.2) is 0 Å². The summed E-state index contributed by atoms with van der Waals surface area (Å²) < 4.78 is 5.82. The molecule has 0 aromatic carbocycles. The van der Waals surface area contributed by atoms with Crippen molar-refractivity contribution in [3.05, 3.63) is 0 Å². The lowest BCUT2D eigenvalue weighted by Gasteiger charge is -2.35. The van der Waals surface area contributed by atoms with Gasteiger partial charge < -0.3 is 20.1 Å². The Kier molecular flexibility index (Phi) is 7.48. The third-order valence-electron chi connectivity index (χ3n) is 3.99. The molecule has 2 atom stereocenters. The molecule has 1 aliphatic rings. The Hall–Kier alpha value is -0.650. The second-order valence-electron chi connectivity index (χ2n) is 5.85. The standard InChI is InChI=1S/C15H30N2O3/c1-4-11-20-13-7-6-9-17(12-13)10-8-15(3,14(18)19)16-5-2/h13,16H,4-12H2,1-3H3,(H,18,19). The van der Waals surface area contributed by atoms with Crippen LogP contribution in [0.1, 0.15) is 46.5 Å². The highest BCUT2D eigenvalue weighted by molar-refractivity contribution is 5.78. The molecule has 1 aliphatic heterocycles. The second kappa shape index (κ2) is 8.60. The minimum absolute atomic E-state index is 0.318. The number of rotatable bonds is 9. The van der Waals surface area contributed by atoms with Crippen molar-refractivity contribution in [1.29, 1.82) is 0 Å². The zero-order valence-corrected chi connectivity index (χ0v) is 13.2. The summed E-state index contributed by atoms with van der Waals surface area (Å²) in [4.78, 5) is 13.7. The Morgan fingerprint density at radius 3 is 2.85 bits per heavy atom. The average Bonchev–Trinajstić information content (AvgIpc) is 2.43. The predicted molar refractivity (Wildman–Crippen MR) is 80.0 cm³/mol. The molecule has 20 heavy (non-hydrogen) atoms. The lowest BCUT2D eigenvalue weighted by Crippen LogP contribution is -2.52. The van der Waals surface area contributed by atoms with E-state index >= 15 is 0 Å². The van der Waals surface area contributed by atoms with Gasteiger partial charge in [0.25, 0.3) is 0 Å². The van der Waals surface area contributed by atoms with E-state index in [4.69, 9.17) is 4.74 Å². The fourth-order valence-corrected chi connectivity index (χ4v) is 2.68. The number of ether oxygens (including phenoxy) is 1. The zero-order chi connectivity index (χ0) is 15.0. The Morgan fingerprint density at radius 2 is 2.25 bits per heavy atom. The summed E-state index contributed by atoms with van der Waals surface area (Å²) in [5, 5.41) is 12.4. The van der Waals surface area contributed by atoms with Crippen molar-refractivity contribution in [3.63, 3.8) is 0 Å². The number of nitrogens with zero attached hydrogens (tertiary/aromatic N) is 1. The first-order chi connectivity index (χ1) is 9.51. The Labute approximate surface area is 122 Å². The number of hydrogen-bond donors (Lipinski definition) is 2. The number of carboxylic acid groups (broad SMARTS) is 1. The van der Waals surface area contributed by atoms with Crippen LogP contribution < -0.4 is 5.32 Å². The van der Waals surface area contributed by atoms with Crippen LogP contribution in [-0.2, 0) is 9.53 Å². The van der Waals surface area contributed by atoms with Gasteiger partial charge in [-0.05, 0) is 45.7 Å². The van der Waals surface area contributed by atoms with Gasteiger partial charge in [-0.25, -0.2) is 0 Å². The first-order valence-electron chi connectivity index (χ1n) is 7.84. The van der Waals surface area contributed by atoms with E-state index in [-0.39, 0.29) is 0 Å². The highest BCUT2D eigenvalue weighted by Crippen LogP contribution is 2.17. The highest BCUT2D eigenvalue weighted by Gasteiger charge is 2.32. The molecule has 0 aliphatic carbocycles. The topological polar surface area (TPSA) is 61.8 Å². The number of nitrogens with one attached hydrogen (secondary N) is 1. The molecule has 118 valence electrons. The SMILES string of the molecule is CCCOC1CCCN(CCC(C)(NCC)C(=O)O)C1. The first kappa shape index (κ1) is 17.4. The van der Waals surface area contributed by atoms with Gasteiger partial charge in [0.1, 0.15) is 5.54 Å². The minimum atomic E-state index is -0.827. The molecule has 0 saturated carbocycles. The molecule has 0 bridgehead atoms. The number of carbonyl (C=O) groups is 1. The van der Waals surface area contributed by atoms with Crippen molar-refractivity contribution in [1.82, 2.24) is 10.2 Å². The van der Waals surface area contributed by atoms with E-state index in [1.165, 1.54) is 0 Å². The van der Waals surface area contributed by atoms with Gasteiger partial charge in [0, 0.05) is 19.7 Å². The number of likely N-dealkylation sites (N-methyl/N-ethyl adjacent to an activating group) is 1. The number of hydrogen-bond acceptors (Lipinski definition) is 4. The molecular weight excluding hydrogens is 256 g/mol. The van der Waals surface area contributed by atoms with E-state index in [1.54, 1.807) is 6.92 Å². The quantitative estimate of drug-likeness (QED) is 0.676. The molecule has 5 nitrogen and oxygen atoms in total. The van der Waals surface area contributed by atoms with E-state index in [0.29, 0.717) is 19.1 Å². The molecule has 5 heteroatoms. The van der Waals surface area contributed by atoms with E-state index in [9.17, 15) is 9.90 Å². The monoisotopic (exact) mass is 286 g/mol. The van der Waals surface area contributed by atoms with E-state index < -0.39 is 11.5 Å². The van der Waals surface area contributed by atoms with Gasteiger partial charge >= 0.3 is 5.97 Å². The molecule has 1 heterocycles. The summed E-state index contributed by atoms with van der Waals surface area (Å²) in [5.74, 6) is -0.768. The van der Waals surface area contributed by atoms with Crippen LogP contribution in [0.25, 0.3) is 0 Å². The number of aliphatic carboxylic acids is 1. The molecule has 0 spiro atoms. The van der Waals surface area contributed by atoms with Crippen LogP contribution >= 0.6 is 0 Å². The molecule has 0 aromatic heterocycles. The van der Waals surface area contributed by atoms with E-state index in [2.05, 4.69) is 17.1 Å². The van der Waals surface area contributed by atoms with Gasteiger partial charge in [-0.15, -0.1) is 0 Å². The van der Waals surface area contributed by atoms with Gasteiger partial charge in [-0.3, -0.25) is 4.79 Å². The summed E-state index contributed by atoms with van der Waals surface area (Å²) in [6, 6.07) is 0. The molecule has 2 N–H and O–H groups in total. The van der Waals surface area contributed by atoms with Crippen LogP contribution in [-0.4, -0.2) is 60.4 Å². The number of likely N-dealkylation sites (tertiary alicyclic amines) is 1. The predicted octanol–water partition coefficient (Wildman–Crippen LogP) is 1.72. The average molecular weight is 286 g/mol. The number of carboxylic acids is 1. The first-order valence-corrected chi connectivity index (χ1v) is 7.84. The summed E-state index contributed by atoms with van der Waals surface area (Å²) in [5.41, 5.74) is -0.827. The van der Waals surface area contributed by atoms with Crippen molar-refractivity contribution in [2.24, 2.45) is 0 Å². The fraction of sp³-hybridized carbons (Fsp3) is 0.933. The second-order valence-corrected chi connectivity index (χ2v) is 5.85. The van der Waals surface area contributed by atoms with Crippen LogP contribution in [0.5, 0.6) is 0 Å². The lowest BCUT2D eigenvalue weighted by molar-refractivity contribution is -0.144. The van der Waals surface area contributed by atoms with E-state index in [1.807, 2.05) is 6.92 Å². The maximum absolute atomic E-state index is 11.4. The maximum Gasteiger partial charge on any atom is 0.323 e.